The lowest BCUT2D eigenvalue weighted by Gasteiger charge is -2.18. The van der Waals surface area contributed by atoms with Crippen LogP contribution in [0.5, 0.6) is 5.75 Å². The van der Waals surface area contributed by atoms with Crippen molar-refractivity contribution in [2.24, 2.45) is 0 Å². The summed E-state index contributed by atoms with van der Waals surface area (Å²) in [5.41, 5.74) is 0.611. The van der Waals surface area contributed by atoms with E-state index in [4.69, 9.17) is 4.74 Å². The molecule has 2 rings (SSSR count). The minimum atomic E-state index is -0.447. The maximum Gasteiger partial charge on any atom is 0.329 e. The van der Waals surface area contributed by atoms with Crippen molar-refractivity contribution >= 4 is 5.69 Å². The molecule has 0 saturated heterocycles. The standard InChI is InChI=1S/C12H16N2O3/c1-12(2,3)11-6-10(17-8-4-5-8)9(7-13-11)14(15)16/h6-8H,4-5H2,1-3H3. The Morgan fingerprint density at radius 3 is 2.59 bits per heavy atom. The van der Waals surface area contributed by atoms with Crippen molar-refractivity contribution in [2.75, 3.05) is 0 Å². The van der Waals surface area contributed by atoms with Crippen molar-refractivity contribution in [1.29, 1.82) is 0 Å². The first-order valence-corrected chi connectivity index (χ1v) is 5.69. The molecule has 1 saturated carbocycles. The second-order valence-corrected chi connectivity index (χ2v) is 5.36. The van der Waals surface area contributed by atoms with Crippen LogP contribution < -0.4 is 4.74 Å². The fraction of sp³-hybridized carbons (Fsp3) is 0.583. The third kappa shape index (κ3) is 2.72. The Morgan fingerprint density at radius 1 is 1.47 bits per heavy atom. The summed E-state index contributed by atoms with van der Waals surface area (Å²) in [6, 6.07) is 1.69. The fourth-order valence-electron chi connectivity index (χ4n) is 1.44. The van der Waals surface area contributed by atoms with Gasteiger partial charge in [0.15, 0.2) is 0 Å². The molecule has 1 fully saturated rings. The maximum absolute atomic E-state index is 10.9. The van der Waals surface area contributed by atoms with Gasteiger partial charge >= 0.3 is 5.69 Å². The molecule has 0 unspecified atom stereocenters. The Balaban J connectivity index is 2.38. The first-order chi connectivity index (χ1) is 7.88. The van der Waals surface area contributed by atoms with Gasteiger partial charge in [-0.2, -0.15) is 0 Å². The summed E-state index contributed by atoms with van der Waals surface area (Å²) in [6.45, 7) is 6.05. The molecular formula is C12H16N2O3. The van der Waals surface area contributed by atoms with Gasteiger partial charge in [0.05, 0.1) is 11.0 Å². The highest BCUT2D eigenvalue weighted by Gasteiger charge is 2.29. The van der Waals surface area contributed by atoms with Gasteiger partial charge in [-0.15, -0.1) is 0 Å². The molecule has 0 atom stereocenters. The maximum atomic E-state index is 10.9. The van der Waals surface area contributed by atoms with Crippen molar-refractivity contribution in [2.45, 2.75) is 45.1 Å². The number of nitrogens with zero attached hydrogens (tertiary/aromatic N) is 2. The van der Waals surface area contributed by atoms with Gasteiger partial charge in [-0.3, -0.25) is 15.1 Å². The van der Waals surface area contributed by atoms with E-state index in [9.17, 15) is 10.1 Å². The largest absolute Gasteiger partial charge is 0.483 e. The zero-order valence-corrected chi connectivity index (χ0v) is 10.3. The van der Waals surface area contributed by atoms with Crippen molar-refractivity contribution in [3.63, 3.8) is 0 Å². The average Bonchev–Trinajstić information content (AvgIpc) is 2.99. The molecule has 0 N–H and O–H groups in total. The lowest BCUT2D eigenvalue weighted by molar-refractivity contribution is -0.386. The number of hydrogen-bond acceptors (Lipinski definition) is 4. The van der Waals surface area contributed by atoms with E-state index < -0.39 is 4.92 Å². The van der Waals surface area contributed by atoms with Crippen LogP contribution in [0.4, 0.5) is 5.69 Å². The van der Waals surface area contributed by atoms with Crippen LogP contribution in [0.2, 0.25) is 0 Å². The van der Waals surface area contributed by atoms with Crippen molar-refractivity contribution in [1.82, 2.24) is 4.98 Å². The molecule has 1 aliphatic rings. The molecule has 1 aliphatic carbocycles. The van der Waals surface area contributed by atoms with E-state index in [1.54, 1.807) is 6.07 Å². The van der Waals surface area contributed by atoms with Gasteiger partial charge in [0, 0.05) is 17.2 Å². The summed E-state index contributed by atoms with van der Waals surface area (Å²) < 4.78 is 5.57. The van der Waals surface area contributed by atoms with E-state index in [2.05, 4.69) is 4.98 Å². The molecule has 1 aromatic heterocycles. The zero-order chi connectivity index (χ0) is 12.6. The topological polar surface area (TPSA) is 65.3 Å². The van der Waals surface area contributed by atoms with Crippen LogP contribution in [0.1, 0.15) is 39.3 Å². The van der Waals surface area contributed by atoms with Gasteiger partial charge < -0.3 is 4.74 Å². The zero-order valence-electron chi connectivity index (χ0n) is 10.3. The van der Waals surface area contributed by atoms with Crippen LogP contribution in [-0.2, 0) is 5.41 Å². The number of nitro groups is 1. The third-order valence-electron chi connectivity index (χ3n) is 2.63. The van der Waals surface area contributed by atoms with Gasteiger partial charge in [0.25, 0.3) is 0 Å². The van der Waals surface area contributed by atoms with Crippen LogP contribution >= 0.6 is 0 Å². The van der Waals surface area contributed by atoms with E-state index in [1.165, 1.54) is 6.20 Å². The number of ether oxygens (including phenoxy) is 1. The monoisotopic (exact) mass is 236 g/mol. The predicted molar refractivity (Wildman–Crippen MR) is 63.2 cm³/mol. The molecule has 92 valence electrons. The minimum absolute atomic E-state index is 0.0510. The van der Waals surface area contributed by atoms with E-state index in [0.717, 1.165) is 18.5 Å². The van der Waals surface area contributed by atoms with E-state index in [1.807, 2.05) is 20.8 Å². The minimum Gasteiger partial charge on any atom is -0.483 e. The third-order valence-corrected chi connectivity index (χ3v) is 2.63. The first-order valence-electron chi connectivity index (χ1n) is 5.69. The molecule has 0 amide bonds. The molecule has 1 aromatic rings. The van der Waals surface area contributed by atoms with Gasteiger partial charge in [-0.05, 0) is 12.8 Å². The van der Waals surface area contributed by atoms with Crippen LogP contribution in [0.15, 0.2) is 12.3 Å². The lowest BCUT2D eigenvalue weighted by Crippen LogP contribution is -2.14. The Morgan fingerprint density at radius 2 is 2.12 bits per heavy atom. The SMILES string of the molecule is CC(C)(C)c1cc(OC2CC2)c([N+](=O)[O-])cn1. The molecule has 5 nitrogen and oxygen atoms in total. The summed E-state index contributed by atoms with van der Waals surface area (Å²) in [5, 5.41) is 10.9. The summed E-state index contributed by atoms with van der Waals surface area (Å²) in [4.78, 5) is 14.6. The molecule has 0 aliphatic heterocycles. The Bertz CT molecular complexity index is 448. The van der Waals surface area contributed by atoms with Crippen molar-refractivity contribution < 1.29 is 9.66 Å². The average molecular weight is 236 g/mol. The molecule has 0 radical (unpaired) electrons. The summed E-state index contributed by atoms with van der Waals surface area (Å²) in [6.07, 6.45) is 3.39. The van der Waals surface area contributed by atoms with Gasteiger partial charge in [-0.25, -0.2) is 0 Å². The van der Waals surface area contributed by atoms with Crippen LogP contribution in [0.3, 0.4) is 0 Å². The lowest BCUT2D eigenvalue weighted by atomic mass is 9.91. The second-order valence-electron chi connectivity index (χ2n) is 5.36. The molecule has 5 heteroatoms. The number of rotatable bonds is 3. The fourth-order valence-corrected chi connectivity index (χ4v) is 1.44. The van der Waals surface area contributed by atoms with Crippen molar-refractivity contribution in [3.05, 3.63) is 28.1 Å². The molecule has 0 bridgehead atoms. The van der Waals surface area contributed by atoms with Gasteiger partial charge in [0.1, 0.15) is 6.20 Å². The van der Waals surface area contributed by atoms with E-state index in [0.29, 0.717) is 5.75 Å². The Labute approximate surface area is 100.0 Å². The summed E-state index contributed by atoms with van der Waals surface area (Å²) in [5.74, 6) is 0.345. The smallest absolute Gasteiger partial charge is 0.329 e. The molecule has 1 heterocycles. The number of aromatic nitrogens is 1. The highest BCUT2D eigenvalue weighted by Crippen LogP contribution is 2.35. The molecular weight excluding hydrogens is 220 g/mol. The Hall–Kier alpha value is -1.65. The van der Waals surface area contributed by atoms with E-state index in [-0.39, 0.29) is 17.2 Å². The predicted octanol–water partition coefficient (Wildman–Crippen LogP) is 2.83. The highest BCUT2D eigenvalue weighted by atomic mass is 16.6. The van der Waals surface area contributed by atoms with Gasteiger partial charge in [0.2, 0.25) is 5.75 Å². The van der Waals surface area contributed by atoms with Crippen LogP contribution in [0, 0.1) is 10.1 Å². The number of hydrogen-bond donors (Lipinski definition) is 0. The molecule has 0 aromatic carbocycles. The van der Waals surface area contributed by atoms with E-state index >= 15 is 0 Å². The molecule has 0 spiro atoms. The van der Waals surface area contributed by atoms with Crippen LogP contribution in [-0.4, -0.2) is 16.0 Å². The first kappa shape index (κ1) is 11.8. The van der Waals surface area contributed by atoms with Gasteiger partial charge in [-0.1, -0.05) is 20.8 Å². The summed E-state index contributed by atoms with van der Waals surface area (Å²) in [7, 11) is 0. The Kier molecular flexibility index (Phi) is 2.77. The summed E-state index contributed by atoms with van der Waals surface area (Å²) >= 11 is 0. The quantitative estimate of drug-likeness (QED) is 0.598. The highest BCUT2D eigenvalue weighted by molar-refractivity contribution is 5.46. The van der Waals surface area contributed by atoms with Crippen molar-refractivity contribution in [3.8, 4) is 5.75 Å². The second kappa shape index (κ2) is 3.98. The molecule has 17 heavy (non-hydrogen) atoms. The normalized spacial score (nSPS) is 15.7. The van der Waals surface area contributed by atoms with Crippen LogP contribution in [0.25, 0.3) is 0 Å². The number of pyridine rings is 1.